The van der Waals surface area contributed by atoms with Gasteiger partial charge in [-0.3, -0.25) is 19.4 Å². The van der Waals surface area contributed by atoms with Crippen LogP contribution in [0.5, 0.6) is 17.2 Å². The molecule has 2 amide bonds. The highest BCUT2D eigenvalue weighted by atomic mass is 16.5. The van der Waals surface area contributed by atoms with Gasteiger partial charge in [-0.05, 0) is 71.3 Å². The predicted octanol–water partition coefficient (Wildman–Crippen LogP) is 4.01. The first kappa shape index (κ1) is 30.4. The molecule has 2 aromatic carbocycles. The average Bonchev–Trinajstić information content (AvgIpc) is 3.22. The minimum Gasteiger partial charge on any atom is -0.493 e. The zero-order chi connectivity index (χ0) is 30.4. The first-order valence-corrected chi connectivity index (χ1v) is 13.9. The number of fused-ring (bicyclic) bond motifs is 3. The fourth-order valence-corrected chi connectivity index (χ4v) is 5.33. The minimum absolute atomic E-state index is 0.116. The number of anilines is 1. The van der Waals surface area contributed by atoms with Crippen molar-refractivity contribution < 1.29 is 23.8 Å². The Kier molecular flexibility index (Phi) is 9.67. The van der Waals surface area contributed by atoms with Crippen LogP contribution in [0.3, 0.4) is 0 Å². The molecule has 42 heavy (non-hydrogen) atoms. The van der Waals surface area contributed by atoms with Crippen molar-refractivity contribution in [3.63, 3.8) is 0 Å². The van der Waals surface area contributed by atoms with Gasteiger partial charge in [0.15, 0.2) is 11.5 Å². The number of rotatable bonds is 10. The highest BCUT2D eigenvalue weighted by Gasteiger charge is 2.30. The van der Waals surface area contributed by atoms with Crippen LogP contribution < -0.4 is 35.6 Å². The number of pyridine rings is 1. The summed E-state index contributed by atoms with van der Waals surface area (Å²) in [6, 6.07) is 9.53. The number of carbonyl (C=O) groups excluding carboxylic acids is 2. The molecule has 4 rings (SSSR count). The van der Waals surface area contributed by atoms with E-state index < -0.39 is 12.1 Å². The Morgan fingerprint density at radius 1 is 1.00 bits per heavy atom. The van der Waals surface area contributed by atoms with Crippen LogP contribution in [-0.2, 0) is 22.6 Å². The van der Waals surface area contributed by atoms with Crippen LogP contribution >= 0.6 is 0 Å². The van der Waals surface area contributed by atoms with Gasteiger partial charge in [0.05, 0.1) is 33.1 Å². The molecule has 1 heterocycles. The number of hydrogen-bond acceptors (Lipinski definition) is 8. The summed E-state index contributed by atoms with van der Waals surface area (Å²) in [4.78, 5) is 43.1. The highest BCUT2D eigenvalue weighted by molar-refractivity contribution is 5.86. The molecule has 222 valence electrons. The molecule has 10 nitrogen and oxygen atoms in total. The van der Waals surface area contributed by atoms with Gasteiger partial charge in [-0.2, -0.15) is 0 Å². The lowest BCUT2D eigenvalue weighted by atomic mass is 9.95. The lowest BCUT2D eigenvalue weighted by Gasteiger charge is -2.22. The number of carbonyl (C=O) groups is 2. The largest absolute Gasteiger partial charge is 0.493 e. The molecule has 3 aromatic rings. The molecule has 3 N–H and O–H groups in total. The summed E-state index contributed by atoms with van der Waals surface area (Å²) >= 11 is 0. The van der Waals surface area contributed by atoms with E-state index in [1.807, 2.05) is 38.1 Å². The second-order valence-corrected chi connectivity index (χ2v) is 10.5. The third-order valence-electron chi connectivity index (χ3n) is 7.39. The van der Waals surface area contributed by atoms with E-state index in [1.54, 1.807) is 39.8 Å². The van der Waals surface area contributed by atoms with E-state index in [1.165, 1.54) is 13.0 Å². The summed E-state index contributed by atoms with van der Waals surface area (Å²) in [6.45, 7) is 5.63. The van der Waals surface area contributed by atoms with Crippen molar-refractivity contribution in [1.29, 1.82) is 0 Å². The molecular weight excluding hydrogens is 536 g/mol. The molecule has 0 saturated heterocycles. The summed E-state index contributed by atoms with van der Waals surface area (Å²) in [5, 5.41) is 9.15. The number of benzene rings is 1. The smallest absolute Gasteiger partial charge is 0.243 e. The number of ether oxygens (including phenoxy) is 3. The Morgan fingerprint density at radius 2 is 1.71 bits per heavy atom. The number of nitrogens with zero attached hydrogens (tertiary/aromatic N) is 1. The van der Waals surface area contributed by atoms with E-state index in [2.05, 4.69) is 20.9 Å². The third-order valence-corrected chi connectivity index (χ3v) is 7.39. The summed E-state index contributed by atoms with van der Waals surface area (Å²) in [5.41, 5.74) is 3.94. The molecule has 0 saturated carbocycles. The van der Waals surface area contributed by atoms with Crippen molar-refractivity contribution in [1.82, 2.24) is 15.6 Å². The van der Waals surface area contributed by atoms with Gasteiger partial charge in [-0.1, -0.05) is 19.9 Å². The van der Waals surface area contributed by atoms with Gasteiger partial charge in [0.25, 0.3) is 0 Å². The molecule has 2 atom stereocenters. The van der Waals surface area contributed by atoms with Crippen molar-refractivity contribution >= 4 is 17.5 Å². The molecule has 0 spiro atoms. The maximum absolute atomic E-state index is 13.7. The van der Waals surface area contributed by atoms with Crippen LogP contribution in [0.4, 0.5) is 5.69 Å². The summed E-state index contributed by atoms with van der Waals surface area (Å²) in [5.74, 6) is 0.879. The van der Waals surface area contributed by atoms with Crippen molar-refractivity contribution in [2.45, 2.75) is 52.2 Å². The molecule has 0 bridgehead atoms. The van der Waals surface area contributed by atoms with E-state index in [4.69, 9.17) is 14.2 Å². The van der Waals surface area contributed by atoms with E-state index in [0.29, 0.717) is 47.8 Å². The fraction of sp³-hybridized carbons (Fsp3) is 0.375. The van der Waals surface area contributed by atoms with Crippen molar-refractivity contribution in [3.05, 3.63) is 75.7 Å². The van der Waals surface area contributed by atoms with Gasteiger partial charge in [0, 0.05) is 31.4 Å². The summed E-state index contributed by atoms with van der Waals surface area (Å²) < 4.78 is 17.1. The maximum atomic E-state index is 13.7. The Hall–Kier alpha value is -4.60. The summed E-state index contributed by atoms with van der Waals surface area (Å²) in [7, 11) is 4.66. The van der Waals surface area contributed by atoms with E-state index in [-0.39, 0.29) is 28.8 Å². The van der Waals surface area contributed by atoms with Crippen LogP contribution in [0.2, 0.25) is 0 Å². The van der Waals surface area contributed by atoms with Crippen molar-refractivity contribution in [2.24, 2.45) is 5.92 Å². The molecule has 1 aromatic heterocycles. The number of hydrogen-bond donors (Lipinski definition) is 3. The number of methoxy groups -OCH3 is 3. The van der Waals surface area contributed by atoms with Crippen LogP contribution in [0.25, 0.3) is 11.1 Å². The molecular formula is C32H38N4O6. The van der Waals surface area contributed by atoms with Gasteiger partial charge in [-0.15, -0.1) is 0 Å². The first-order chi connectivity index (χ1) is 20.2. The third kappa shape index (κ3) is 6.48. The van der Waals surface area contributed by atoms with Gasteiger partial charge in [0.2, 0.25) is 23.0 Å². The minimum atomic E-state index is -0.668. The van der Waals surface area contributed by atoms with Crippen LogP contribution in [0, 0.1) is 5.92 Å². The molecule has 0 aliphatic heterocycles. The number of aryl methyl sites for hydroxylation is 1. The van der Waals surface area contributed by atoms with E-state index >= 15 is 0 Å². The second-order valence-electron chi connectivity index (χ2n) is 10.5. The van der Waals surface area contributed by atoms with Gasteiger partial charge < -0.3 is 30.2 Å². The fourth-order valence-electron chi connectivity index (χ4n) is 5.33. The molecule has 1 aliphatic rings. The molecule has 0 fully saturated rings. The normalized spacial score (nSPS) is 14.5. The van der Waals surface area contributed by atoms with Crippen LogP contribution in [-0.4, -0.2) is 44.2 Å². The predicted molar refractivity (Wildman–Crippen MR) is 161 cm³/mol. The number of nitrogens with one attached hydrogen (secondary N) is 3. The standard InChI is InChI=1S/C32H38N4O6/c1-18(2)29(32(39)34-17-20-11-13-33-14-12-20)36-25-10-8-22-23(16-26(25)38)24(35-19(3)37)9-7-21-15-27(40-4)30(41-5)31(42-6)28(21)22/h8,10-16,18,24,29H,7,9,17H2,1-6H3,(H,34,39)(H,35,37)(H,36,38)/t24-,29+/m1/s1. The Bertz CT molecular complexity index is 1510. The molecule has 1 aliphatic carbocycles. The Morgan fingerprint density at radius 3 is 2.33 bits per heavy atom. The van der Waals surface area contributed by atoms with E-state index in [0.717, 1.165) is 16.7 Å². The highest BCUT2D eigenvalue weighted by Crippen LogP contribution is 2.50. The first-order valence-electron chi connectivity index (χ1n) is 13.9. The van der Waals surface area contributed by atoms with Crippen LogP contribution in [0.1, 0.15) is 49.9 Å². The average molecular weight is 575 g/mol. The molecule has 0 radical (unpaired) electrons. The molecule has 0 unspecified atom stereocenters. The Labute approximate surface area is 245 Å². The maximum Gasteiger partial charge on any atom is 0.243 e. The number of amides is 2. The Balaban J connectivity index is 1.81. The molecule has 10 heteroatoms. The van der Waals surface area contributed by atoms with Crippen molar-refractivity contribution in [3.8, 4) is 28.4 Å². The van der Waals surface area contributed by atoms with Crippen molar-refractivity contribution in [2.75, 3.05) is 26.6 Å². The van der Waals surface area contributed by atoms with Gasteiger partial charge in [-0.25, -0.2) is 0 Å². The monoisotopic (exact) mass is 574 g/mol. The van der Waals surface area contributed by atoms with E-state index in [9.17, 15) is 14.4 Å². The lowest BCUT2D eigenvalue weighted by molar-refractivity contribution is -0.123. The second kappa shape index (κ2) is 13.4. The zero-order valence-corrected chi connectivity index (χ0v) is 24.9. The lowest BCUT2D eigenvalue weighted by Crippen LogP contribution is -2.43. The van der Waals surface area contributed by atoms with Gasteiger partial charge >= 0.3 is 0 Å². The van der Waals surface area contributed by atoms with Crippen LogP contribution in [0.15, 0.2) is 53.6 Å². The quantitative estimate of drug-likeness (QED) is 0.332. The topological polar surface area (TPSA) is 128 Å². The number of aromatic nitrogens is 1. The van der Waals surface area contributed by atoms with Gasteiger partial charge in [0.1, 0.15) is 6.04 Å². The zero-order valence-electron chi connectivity index (χ0n) is 24.9. The summed E-state index contributed by atoms with van der Waals surface area (Å²) in [6.07, 6.45) is 4.49. The SMILES string of the molecule is COc1cc2c(c(OC)c1OC)-c1ccc(N[C@H](C(=O)NCc3ccncc3)C(C)C)c(=O)cc1[C@H](NC(C)=O)CC2.